The number of halogens is 1. The van der Waals surface area contributed by atoms with Gasteiger partial charge in [0, 0.05) is 18.5 Å². The van der Waals surface area contributed by atoms with E-state index in [2.05, 4.69) is 38.4 Å². The Labute approximate surface area is 195 Å². The maximum Gasteiger partial charge on any atom is 0.240 e. The quantitative estimate of drug-likeness (QED) is 0.271. The van der Waals surface area contributed by atoms with Gasteiger partial charge in [0.2, 0.25) is 11.8 Å². The van der Waals surface area contributed by atoms with Crippen LogP contribution >= 0.6 is 22.6 Å². The first-order valence-corrected chi connectivity index (χ1v) is 10.7. The Morgan fingerprint density at radius 3 is 2.35 bits per heavy atom. The highest BCUT2D eigenvalue weighted by molar-refractivity contribution is 14.1. The molecule has 0 bridgehead atoms. The Morgan fingerprint density at radius 1 is 1.06 bits per heavy atom. The third-order valence-corrected chi connectivity index (χ3v) is 4.76. The zero-order chi connectivity index (χ0) is 22.8. The average Bonchev–Trinajstić information content (AvgIpc) is 2.74. The summed E-state index contributed by atoms with van der Waals surface area (Å²) < 4.78 is 17.1. The zero-order valence-electron chi connectivity index (χ0n) is 17.9. The molecule has 0 aliphatic rings. The van der Waals surface area contributed by atoms with Gasteiger partial charge in [-0.25, -0.2) is 5.43 Å². The molecule has 2 rings (SSSR count). The summed E-state index contributed by atoms with van der Waals surface area (Å²) in [5.74, 6) is 1.34. The van der Waals surface area contributed by atoms with E-state index in [1.54, 1.807) is 44.6 Å². The molecular weight excluding hydrogens is 513 g/mol. The molecule has 2 N–H and O–H groups in total. The van der Waals surface area contributed by atoms with Crippen molar-refractivity contribution in [3.8, 4) is 17.2 Å². The van der Waals surface area contributed by atoms with Crippen molar-refractivity contribution in [3.05, 3.63) is 45.5 Å². The molecule has 0 fully saturated rings. The summed E-state index contributed by atoms with van der Waals surface area (Å²) >= 11 is 2.16. The standard InChI is InChI=1S/C22H26IN3O5/c1-14(2)31-22-18(23)11-15(12-19(22)30-4)13-24-26-21(28)10-9-20(27)25-16-5-7-17(29-3)8-6-16/h5-8,11-14H,9-10H2,1-4H3,(H,25,27)(H,26,28). The summed E-state index contributed by atoms with van der Waals surface area (Å²) in [4.78, 5) is 24.0. The Hall–Kier alpha value is -2.82. The van der Waals surface area contributed by atoms with Crippen molar-refractivity contribution in [2.45, 2.75) is 32.8 Å². The number of nitrogens with one attached hydrogen (secondary N) is 2. The van der Waals surface area contributed by atoms with E-state index >= 15 is 0 Å². The van der Waals surface area contributed by atoms with E-state index in [9.17, 15) is 9.59 Å². The summed E-state index contributed by atoms with van der Waals surface area (Å²) in [5, 5.41) is 6.69. The van der Waals surface area contributed by atoms with Crippen LogP contribution in [0.1, 0.15) is 32.3 Å². The molecule has 0 unspecified atom stereocenters. The van der Waals surface area contributed by atoms with E-state index in [1.807, 2.05) is 19.9 Å². The van der Waals surface area contributed by atoms with Gasteiger partial charge in [-0.15, -0.1) is 0 Å². The Balaban J connectivity index is 1.84. The van der Waals surface area contributed by atoms with Crippen LogP contribution in [0.2, 0.25) is 0 Å². The van der Waals surface area contributed by atoms with Crippen molar-refractivity contribution in [1.29, 1.82) is 0 Å². The number of nitrogens with zero attached hydrogens (tertiary/aromatic N) is 1. The molecule has 0 spiro atoms. The molecule has 166 valence electrons. The fourth-order valence-electron chi connectivity index (χ4n) is 2.52. The predicted molar refractivity (Wildman–Crippen MR) is 128 cm³/mol. The molecule has 0 aromatic heterocycles. The molecule has 8 nitrogen and oxygen atoms in total. The van der Waals surface area contributed by atoms with Gasteiger partial charge < -0.3 is 19.5 Å². The number of rotatable bonds is 10. The molecule has 0 aliphatic heterocycles. The smallest absolute Gasteiger partial charge is 0.240 e. The van der Waals surface area contributed by atoms with Crippen molar-refractivity contribution in [2.24, 2.45) is 5.10 Å². The SMILES string of the molecule is COc1ccc(NC(=O)CCC(=O)NN=Cc2cc(I)c(OC(C)C)c(OC)c2)cc1. The van der Waals surface area contributed by atoms with Gasteiger partial charge in [-0.1, -0.05) is 0 Å². The Kier molecular flexibility index (Phi) is 9.57. The van der Waals surface area contributed by atoms with E-state index in [0.29, 0.717) is 22.9 Å². The maximum atomic E-state index is 12.0. The normalized spacial score (nSPS) is 10.8. The first-order chi connectivity index (χ1) is 14.8. The van der Waals surface area contributed by atoms with Crippen LogP contribution in [0.3, 0.4) is 0 Å². The lowest BCUT2D eigenvalue weighted by Gasteiger charge is -2.15. The van der Waals surface area contributed by atoms with Gasteiger partial charge in [0.05, 0.1) is 30.1 Å². The fourth-order valence-corrected chi connectivity index (χ4v) is 3.28. The van der Waals surface area contributed by atoms with Crippen LogP contribution in [-0.2, 0) is 9.59 Å². The van der Waals surface area contributed by atoms with E-state index < -0.39 is 0 Å². The molecular formula is C22H26IN3O5. The molecule has 0 atom stereocenters. The lowest BCUT2D eigenvalue weighted by atomic mass is 10.2. The van der Waals surface area contributed by atoms with Crippen LogP contribution in [0.25, 0.3) is 0 Å². The monoisotopic (exact) mass is 539 g/mol. The summed E-state index contributed by atoms with van der Waals surface area (Å²) in [7, 11) is 3.14. The lowest BCUT2D eigenvalue weighted by molar-refractivity contribution is -0.124. The van der Waals surface area contributed by atoms with E-state index in [4.69, 9.17) is 14.2 Å². The third-order valence-electron chi connectivity index (χ3n) is 3.96. The molecule has 0 heterocycles. The number of hydrogen-bond acceptors (Lipinski definition) is 6. The van der Waals surface area contributed by atoms with Crippen LogP contribution in [0.15, 0.2) is 41.5 Å². The second kappa shape index (κ2) is 12.1. The topological polar surface area (TPSA) is 98.2 Å². The molecule has 31 heavy (non-hydrogen) atoms. The minimum atomic E-state index is -0.359. The van der Waals surface area contributed by atoms with Gasteiger partial charge in [-0.3, -0.25) is 9.59 Å². The van der Waals surface area contributed by atoms with Crippen LogP contribution in [-0.4, -0.2) is 38.4 Å². The van der Waals surface area contributed by atoms with E-state index in [-0.39, 0.29) is 30.8 Å². The fraction of sp³-hybridized carbons (Fsp3) is 0.318. The van der Waals surface area contributed by atoms with Crippen molar-refractivity contribution in [3.63, 3.8) is 0 Å². The summed E-state index contributed by atoms with van der Waals surface area (Å²) in [6, 6.07) is 10.6. The number of ether oxygens (including phenoxy) is 3. The lowest BCUT2D eigenvalue weighted by Crippen LogP contribution is -2.20. The van der Waals surface area contributed by atoms with Gasteiger partial charge in [0.1, 0.15) is 5.75 Å². The maximum absolute atomic E-state index is 12.0. The van der Waals surface area contributed by atoms with Gasteiger partial charge in [-0.2, -0.15) is 5.10 Å². The molecule has 0 radical (unpaired) electrons. The number of anilines is 1. The first kappa shape index (κ1) is 24.4. The van der Waals surface area contributed by atoms with Gasteiger partial charge in [0.15, 0.2) is 11.5 Å². The van der Waals surface area contributed by atoms with Gasteiger partial charge in [-0.05, 0) is 78.4 Å². The number of hydrogen-bond donors (Lipinski definition) is 2. The molecule has 0 saturated heterocycles. The highest BCUT2D eigenvalue weighted by atomic mass is 127. The molecule has 0 aliphatic carbocycles. The van der Waals surface area contributed by atoms with Crippen LogP contribution < -0.4 is 25.0 Å². The van der Waals surface area contributed by atoms with Gasteiger partial charge >= 0.3 is 0 Å². The van der Waals surface area contributed by atoms with Crippen molar-refractivity contribution in [2.75, 3.05) is 19.5 Å². The highest BCUT2D eigenvalue weighted by Gasteiger charge is 2.12. The number of methoxy groups -OCH3 is 2. The van der Waals surface area contributed by atoms with E-state index in [1.165, 1.54) is 6.21 Å². The van der Waals surface area contributed by atoms with Crippen LogP contribution in [0, 0.1) is 3.57 Å². The summed E-state index contributed by atoms with van der Waals surface area (Å²) in [6.07, 6.45) is 1.59. The van der Waals surface area contributed by atoms with E-state index in [0.717, 1.165) is 9.13 Å². The van der Waals surface area contributed by atoms with Gasteiger partial charge in [0.25, 0.3) is 0 Å². The average molecular weight is 539 g/mol. The summed E-state index contributed by atoms with van der Waals surface area (Å²) in [5.41, 5.74) is 3.81. The molecule has 0 saturated carbocycles. The Bertz CT molecular complexity index is 929. The first-order valence-electron chi connectivity index (χ1n) is 9.62. The predicted octanol–water partition coefficient (Wildman–Crippen LogP) is 3.96. The van der Waals surface area contributed by atoms with Crippen LogP contribution in [0.4, 0.5) is 5.69 Å². The largest absolute Gasteiger partial charge is 0.497 e. The number of benzene rings is 2. The molecule has 9 heteroatoms. The Morgan fingerprint density at radius 2 is 1.74 bits per heavy atom. The highest BCUT2D eigenvalue weighted by Crippen LogP contribution is 2.34. The summed E-state index contributed by atoms with van der Waals surface area (Å²) in [6.45, 7) is 3.88. The van der Waals surface area contributed by atoms with Crippen molar-refractivity contribution < 1.29 is 23.8 Å². The van der Waals surface area contributed by atoms with Crippen LogP contribution in [0.5, 0.6) is 17.2 Å². The van der Waals surface area contributed by atoms with Crippen molar-refractivity contribution in [1.82, 2.24) is 5.43 Å². The molecule has 2 aromatic carbocycles. The molecule has 2 aromatic rings. The second-order valence-corrected chi connectivity index (χ2v) is 7.93. The number of carbonyl (C=O) groups excluding carboxylic acids is 2. The van der Waals surface area contributed by atoms with Crippen molar-refractivity contribution >= 4 is 46.3 Å². The second-order valence-electron chi connectivity index (χ2n) is 6.77. The molecule has 2 amide bonds. The number of carbonyl (C=O) groups is 2. The third kappa shape index (κ3) is 8.08. The minimum Gasteiger partial charge on any atom is -0.497 e. The minimum absolute atomic E-state index is 0.0152. The number of amides is 2. The zero-order valence-corrected chi connectivity index (χ0v) is 20.1. The number of hydrazone groups is 1.